The molecule has 5 nitrogen and oxygen atoms in total. The average molecular weight is 286 g/mol. The molecule has 1 fully saturated rings. The molecule has 2 heterocycles. The Morgan fingerprint density at radius 1 is 1.38 bits per heavy atom. The third kappa shape index (κ3) is 2.41. The van der Waals surface area contributed by atoms with E-state index in [1.807, 2.05) is 19.9 Å². The second-order valence-electron chi connectivity index (χ2n) is 6.65. The maximum absolute atomic E-state index is 12.6. The van der Waals surface area contributed by atoms with Gasteiger partial charge in [-0.25, -0.2) is 9.50 Å². The molecule has 3 rings (SSSR count). The minimum absolute atomic E-state index is 0.100. The van der Waals surface area contributed by atoms with Crippen molar-refractivity contribution in [1.29, 1.82) is 0 Å². The van der Waals surface area contributed by atoms with Crippen LogP contribution in [0.3, 0.4) is 0 Å². The largest absolute Gasteiger partial charge is 0.345 e. The van der Waals surface area contributed by atoms with Gasteiger partial charge in [-0.2, -0.15) is 5.10 Å². The molecule has 1 aliphatic carbocycles. The van der Waals surface area contributed by atoms with E-state index in [1.54, 1.807) is 10.7 Å². The van der Waals surface area contributed by atoms with Crippen molar-refractivity contribution in [2.24, 2.45) is 5.92 Å². The monoisotopic (exact) mass is 286 g/mol. The van der Waals surface area contributed by atoms with E-state index in [0.29, 0.717) is 11.6 Å². The number of amides is 1. The van der Waals surface area contributed by atoms with Gasteiger partial charge < -0.3 is 5.32 Å². The Labute approximate surface area is 124 Å². The van der Waals surface area contributed by atoms with Crippen molar-refractivity contribution >= 4 is 11.6 Å². The highest BCUT2D eigenvalue weighted by Crippen LogP contribution is 2.35. The summed E-state index contributed by atoms with van der Waals surface area (Å²) in [7, 11) is 0. The van der Waals surface area contributed by atoms with E-state index in [0.717, 1.165) is 16.9 Å². The van der Waals surface area contributed by atoms with Crippen LogP contribution >= 0.6 is 0 Å². The Bertz CT molecular complexity index is 698. The fourth-order valence-corrected chi connectivity index (χ4v) is 3.02. The lowest BCUT2D eigenvalue weighted by atomic mass is 9.72. The van der Waals surface area contributed by atoms with Crippen molar-refractivity contribution in [1.82, 2.24) is 19.9 Å². The number of hydrogen-bond acceptors (Lipinski definition) is 3. The zero-order valence-corrected chi connectivity index (χ0v) is 13.1. The smallest absolute Gasteiger partial charge is 0.272 e. The lowest BCUT2D eigenvalue weighted by molar-refractivity contribution is 0.0819. The first-order chi connectivity index (χ1) is 9.88. The number of rotatable bonds is 3. The van der Waals surface area contributed by atoms with E-state index in [4.69, 9.17) is 0 Å². The first kappa shape index (κ1) is 14.0. The molecule has 0 bridgehead atoms. The van der Waals surface area contributed by atoms with Gasteiger partial charge in [-0.1, -0.05) is 6.42 Å². The second kappa shape index (κ2) is 4.83. The van der Waals surface area contributed by atoms with Gasteiger partial charge in [0.15, 0.2) is 11.3 Å². The van der Waals surface area contributed by atoms with Gasteiger partial charge >= 0.3 is 0 Å². The molecule has 1 aliphatic rings. The summed E-state index contributed by atoms with van der Waals surface area (Å²) in [4.78, 5) is 16.9. The summed E-state index contributed by atoms with van der Waals surface area (Å²) in [6, 6.07) is 1.97. The highest BCUT2D eigenvalue weighted by Gasteiger charge is 2.35. The molecule has 0 spiro atoms. The van der Waals surface area contributed by atoms with Crippen LogP contribution in [-0.4, -0.2) is 26.0 Å². The molecule has 1 saturated carbocycles. The van der Waals surface area contributed by atoms with Gasteiger partial charge in [0.25, 0.3) is 5.91 Å². The number of nitrogens with zero attached hydrogens (tertiary/aromatic N) is 3. The van der Waals surface area contributed by atoms with Crippen LogP contribution in [0.25, 0.3) is 5.65 Å². The number of carbonyl (C=O) groups excluding carboxylic acids is 1. The van der Waals surface area contributed by atoms with Gasteiger partial charge in [-0.15, -0.1) is 0 Å². The molecule has 0 unspecified atom stereocenters. The zero-order valence-electron chi connectivity index (χ0n) is 13.1. The fourth-order valence-electron chi connectivity index (χ4n) is 3.02. The number of hydrogen-bond donors (Lipinski definition) is 1. The summed E-state index contributed by atoms with van der Waals surface area (Å²) in [5.41, 5.74) is 2.97. The summed E-state index contributed by atoms with van der Waals surface area (Å²) in [5, 5.41) is 7.57. The zero-order chi connectivity index (χ0) is 15.2. The van der Waals surface area contributed by atoms with Gasteiger partial charge in [0.2, 0.25) is 0 Å². The molecule has 1 amide bonds. The highest BCUT2D eigenvalue weighted by atomic mass is 16.2. The molecule has 112 valence electrons. The van der Waals surface area contributed by atoms with Gasteiger partial charge in [-0.05, 0) is 58.1 Å². The Morgan fingerprint density at radius 3 is 2.71 bits per heavy atom. The third-order valence-electron chi connectivity index (χ3n) is 4.57. The predicted molar refractivity (Wildman–Crippen MR) is 81.3 cm³/mol. The number of nitrogens with one attached hydrogen (secondary N) is 1. The van der Waals surface area contributed by atoms with Crippen molar-refractivity contribution < 1.29 is 4.79 Å². The maximum Gasteiger partial charge on any atom is 0.272 e. The molecule has 5 heteroatoms. The third-order valence-corrected chi connectivity index (χ3v) is 4.57. The minimum atomic E-state index is -0.182. The van der Waals surface area contributed by atoms with E-state index in [-0.39, 0.29) is 11.4 Å². The van der Waals surface area contributed by atoms with Crippen molar-refractivity contribution in [2.75, 3.05) is 0 Å². The first-order valence-corrected chi connectivity index (χ1v) is 7.53. The highest BCUT2D eigenvalue weighted by molar-refractivity contribution is 5.93. The number of imidazole rings is 1. The first-order valence-electron chi connectivity index (χ1n) is 7.53. The second-order valence-corrected chi connectivity index (χ2v) is 6.65. The summed E-state index contributed by atoms with van der Waals surface area (Å²) in [6.45, 7) is 8.10. The van der Waals surface area contributed by atoms with E-state index < -0.39 is 0 Å². The van der Waals surface area contributed by atoms with Crippen LogP contribution in [0.2, 0.25) is 0 Å². The van der Waals surface area contributed by atoms with Crippen LogP contribution in [0.15, 0.2) is 12.3 Å². The number of aromatic nitrogens is 3. The molecule has 0 radical (unpaired) electrons. The molecule has 2 aromatic rings. The summed E-state index contributed by atoms with van der Waals surface area (Å²) >= 11 is 0. The van der Waals surface area contributed by atoms with Gasteiger partial charge in [0.05, 0.1) is 11.9 Å². The molecule has 0 saturated heterocycles. The lowest BCUT2D eigenvalue weighted by Gasteiger charge is -2.40. The SMILES string of the molecule is Cc1cc(C)c2ncc(C(=O)NC(C)(C)C3CCC3)n2n1. The van der Waals surface area contributed by atoms with Gasteiger partial charge in [-0.3, -0.25) is 4.79 Å². The molecule has 0 aromatic carbocycles. The summed E-state index contributed by atoms with van der Waals surface area (Å²) in [5.74, 6) is 0.467. The van der Waals surface area contributed by atoms with Crippen LogP contribution < -0.4 is 5.32 Å². The lowest BCUT2D eigenvalue weighted by Crippen LogP contribution is -2.51. The summed E-state index contributed by atoms with van der Waals surface area (Å²) < 4.78 is 1.65. The van der Waals surface area contributed by atoms with E-state index in [1.165, 1.54) is 19.3 Å². The fraction of sp³-hybridized carbons (Fsp3) is 0.562. The molecular weight excluding hydrogens is 264 g/mol. The van der Waals surface area contributed by atoms with Crippen molar-refractivity contribution in [3.05, 3.63) is 29.2 Å². The standard InChI is InChI=1S/C16H22N4O/c1-10-8-11(2)19-20-13(9-17-14(10)20)15(21)18-16(3,4)12-6-5-7-12/h8-9,12H,5-7H2,1-4H3,(H,18,21). The number of fused-ring (bicyclic) bond motifs is 1. The molecule has 0 aliphatic heterocycles. The van der Waals surface area contributed by atoms with Crippen LogP contribution in [0, 0.1) is 19.8 Å². The minimum Gasteiger partial charge on any atom is -0.345 e. The van der Waals surface area contributed by atoms with Gasteiger partial charge in [0.1, 0.15) is 0 Å². The van der Waals surface area contributed by atoms with Crippen LogP contribution in [0.1, 0.15) is 54.9 Å². The Morgan fingerprint density at radius 2 is 2.10 bits per heavy atom. The quantitative estimate of drug-likeness (QED) is 0.943. The van der Waals surface area contributed by atoms with E-state index >= 15 is 0 Å². The molecule has 2 aromatic heterocycles. The molecule has 21 heavy (non-hydrogen) atoms. The van der Waals surface area contributed by atoms with Crippen molar-refractivity contribution in [3.63, 3.8) is 0 Å². The van der Waals surface area contributed by atoms with Crippen LogP contribution in [0.5, 0.6) is 0 Å². The molecule has 0 atom stereocenters. The summed E-state index contributed by atoms with van der Waals surface area (Å²) in [6.07, 6.45) is 5.26. The number of aryl methyl sites for hydroxylation is 2. The Hall–Kier alpha value is -1.91. The topological polar surface area (TPSA) is 59.3 Å². The van der Waals surface area contributed by atoms with Gasteiger partial charge in [0, 0.05) is 5.54 Å². The Balaban J connectivity index is 1.91. The van der Waals surface area contributed by atoms with E-state index in [9.17, 15) is 4.79 Å². The maximum atomic E-state index is 12.6. The molecule has 1 N–H and O–H groups in total. The van der Waals surface area contributed by atoms with Crippen molar-refractivity contribution in [2.45, 2.75) is 52.5 Å². The molecular formula is C16H22N4O. The van der Waals surface area contributed by atoms with E-state index in [2.05, 4.69) is 29.2 Å². The normalized spacial score (nSPS) is 16.0. The van der Waals surface area contributed by atoms with Crippen LogP contribution in [0.4, 0.5) is 0 Å². The average Bonchev–Trinajstić information content (AvgIpc) is 2.68. The Kier molecular flexibility index (Phi) is 3.23. The van der Waals surface area contributed by atoms with Crippen LogP contribution in [-0.2, 0) is 0 Å². The predicted octanol–water partition coefficient (Wildman–Crippen LogP) is 2.65. The van der Waals surface area contributed by atoms with Crippen molar-refractivity contribution in [3.8, 4) is 0 Å². The number of carbonyl (C=O) groups is 1.